The Morgan fingerprint density at radius 1 is 1.12 bits per heavy atom. The first-order chi connectivity index (χ1) is 16.3. The number of hydrogen-bond donors (Lipinski definition) is 2. The van der Waals surface area contributed by atoms with Gasteiger partial charge in [0, 0.05) is 38.2 Å². The zero-order valence-corrected chi connectivity index (χ0v) is 20.0. The Labute approximate surface area is 198 Å². The Kier molecular flexibility index (Phi) is 6.84. The van der Waals surface area contributed by atoms with Crippen LogP contribution in [0.25, 0.3) is 0 Å². The highest BCUT2D eigenvalue weighted by Gasteiger charge is 2.42. The van der Waals surface area contributed by atoms with Gasteiger partial charge < -0.3 is 15.1 Å². The van der Waals surface area contributed by atoms with Crippen LogP contribution in [-0.4, -0.2) is 70.1 Å². The third-order valence-corrected chi connectivity index (χ3v) is 7.37. The molecule has 3 heterocycles. The van der Waals surface area contributed by atoms with Crippen LogP contribution in [0.4, 0.5) is 4.39 Å². The number of H-pyrrole nitrogens is 1. The van der Waals surface area contributed by atoms with Crippen molar-refractivity contribution in [3.63, 3.8) is 0 Å². The van der Waals surface area contributed by atoms with Crippen molar-refractivity contribution in [1.82, 2.24) is 25.3 Å². The molecular weight excluding hydrogens is 437 g/mol. The average Bonchev–Trinajstić information content (AvgIpc) is 3.35. The van der Waals surface area contributed by atoms with Crippen LogP contribution in [0.2, 0.25) is 0 Å². The summed E-state index contributed by atoms with van der Waals surface area (Å²) in [6.07, 6.45) is 2.94. The lowest BCUT2D eigenvalue weighted by atomic mass is 9.92. The summed E-state index contributed by atoms with van der Waals surface area (Å²) in [5.74, 6) is -0.848. The smallest absolute Gasteiger partial charge is 0.267 e. The quantitative estimate of drug-likeness (QED) is 0.697. The van der Waals surface area contributed by atoms with Crippen LogP contribution in [0.15, 0.2) is 23.0 Å². The topological polar surface area (TPSA) is 98.4 Å². The fourth-order valence-corrected chi connectivity index (χ4v) is 4.91. The number of piperazine rings is 1. The molecule has 1 unspecified atom stereocenters. The van der Waals surface area contributed by atoms with Gasteiger partial charge in [0.2, 0.25) is 5.91 Å². The first-order valence-electron chi connectivity index (χ1n) is 11.9. The lowest BCUT2D eigenvalue weighted by Crippen LogP contribution is -2.59. The molecule has 4 rings (SSSR count). The molecule has 1 atom stereocenters. The summed E-state index contributed by atoms with van der Waals surface area (Å²) in [6, 6.07) is 4.49. The zero-order chi connectivity index (χ0) is 24.5. The third kappa shape index (κ3) is 4.49. The van der Waals surface area contributed by atoms with Gasteiger partial charge in [0.1, 0.15) is 5.82 Å². The predicted molar refractivity (Wildman–Crippen MR) is 126 cm³/mol. The average molecular weight is 470 g/mol. The first kappa shape index (κ1) is 24.1. The molecule has 2 amide bonds. The maximum absolute atomic E-state index is 14.6. The fourth-order valence-electron chi connectivity index (χ4n) is 4.91. The summed E-state index contributed by atoms with van der Waals surface area (Å²) in [7, 11) is 0. The van der Waals surface area contributed by atoms with E-state index in [0.29, 0.717) is 43.9 Å². The Hall–Kier alpha value is -3.07. The van der Waals surface area contributed by atoms with Crippen molar-refractivity contribution in [3.05, 3.63) is 62.3 Å². The van der Waals surface area contributed by atoms with Crippen molar-refractivity contribution < 1.29 is 14.0 Å². The van der Waals surface area contributed by atoms with E-state index in [4.69, 9.17) is 0 Å². The van der Waals surface area contributed by atoms with E-state index >= 15 is 0 Å². The number of hydrogen-bond acceptors (Lipinski definition) is 5. The molecule has 2 N–H and O–H groups in total. The summed E-state index contributed by atoms with van der Waals surface area (Å²) >= 11 is 0. The molecule has 0 aliphatic carbocycles. The van der Waals surface area contributed by atoms with Gasteiger partial charge in [-0.1, -0.05) is 13.0 Å². The van der Waals surface area contributed by atoms with Gasteiger partial charge in [0.25, 0.3) is 11.5 Å². The molecule has 2 saturated heterocycles. The monoisotopic (exact) mass is 469 g/mol. The number of amides is 2. The molecule has 1 aromatic carbocycles. The molecule has 2 fully saturated rings. The van der Waals surface area contributed by atoms with Gasteiger partial charge in [0.15, 0.2) is 0 Å². The molecule has 2 aromatic rings. The zero-order valence-electron chi connectivity index (χ0n) is 20.0. The number of carbonyl (C=O) groups is 2. The van der Waals surface area contributed by atoms with Crippen molar-refractivity contribution in [3.8, 4) is 0 Å². The molecular formula is C25H32FN5O3. The predicted octanol–water partition coefficient (Wildman–Crippen LogP) is 1.93. The molecule has 0 spiro atoms. The molecule has 2 aliphatic rings. The van der Waals surface area contributed by atoms with Gasteiger partial charge in [-0.25, -0.2) is 9.49 Å². The Bertz CT molecular complexity index is 1150. The van der Waals surface area contributed by atoms with Crippen LogP contribution in [0.1, 0.15) is 58.9 Å². The summed E-state index contributed by atoms with van der Waals surface area (Å²) < 4.78 is 14.6. The lowest BCUT2D eigenvalue weighted by molar-refractivity contribution is -0.139. The molecule has 8 nitrogen and oxygen atoms in total. The molecule has 0 radical (unpaired) electrons. The minimum Gasteiger partial charge on any atom is -0.338 e. The van der Waals surface area contributed by atoms with Crippen molar-refractivity contribution in [2.24, 2.45) is 0 Å². The lowest BCUT2D eigenvalue weighted by Gasteiger charge is -2.39. The van der Waals surface area contributed by atoms with Crippen molar-refractivity contribution in [2.45, 2.75) is 52.0 Å². The van der Waals surface area contributed by atoms with Crippen LogP contribution in [0, 0.1) is 19.7 Å². The first-order valence-corrected chi connectivity index (χ1v) is 11.9. The standard InChI is InChI=1S/C25H32FN5O3/c1-4-25(8-5-9-27-25)24(34)31-12-10-30(11-13-31)23(33)19-14-18(6-7-20(19)26)15-21-16(2)17(3)22(32)29-28-21/h6-7,14,27H,4-5,8-13,15H2,1-3H3,(H,29,32). The van der Waals surface area contributed by atoms with Gasteiger partial charge >= 0.3 is 0 Å². The van der Waals surface area contributed by atoms with Crippen LogP contribution < -0.4 is 10.9 Å². The van der Waals surface area contributed by atoms with E-state index in [0.717, 1.165) is 36.9 Å². The summed E-state index contributed by atoms with van der Waals surface area (Å²) in [4.78, 5) is 41.4. The van der Waals surface area contributed by atoms with E-state index in [-0.39, 0.29) is 22.9 Å². The number of aromatic nitrogens is 2. The molecule has 2 aliphatic heterocycles. The van der Waals surface area contributed by atoms with E-state index in [9.17, 15) is 18.8 Å². The van der Waals surface area contributed by atoms with Crippen molar-refractivity contribution >= 4 is 11.8 Å². The van der Waals surface area contributed by atoms with Crippen molar-refractivity contribution in [2.75, 3.05) is 32.7 Å². The summed E-state index contributed by atoms with van der Waals surface area (Å²) in [5, 5.41) is 9.97. The van der Waals surface area contributed by atoms with Gasteiger partial charge in [-0.2, -0.15) is 5.10 Å². The van der Waals surface area contributed by atoms with E-state index in [1.807, 2.05) is 18.7 Å². The molecule has 1 aromatic heterocycles. The summed E-state index contributed by atoms with van der Waals surface area (Å²) in [5.41, 5.74) is 2.08. The largest absolute Gasteiger partial charge is 0.338 e. The highest BCUT2D eigenvalue weighted by atomic mass is 19.1. The Morgan fingerprint density at radius 3 is 2.47 bits per heavy atom. The van der Waals surface area contributed by atoms with E-state index in [1.54, 1.807) is 24.0 Å². The van der Waals surface area contributed by atoms with Crippen LogP contribution in [0.5, 0.6) is 0 Å². The number of halogens is 1. The highest BCUT2D eigenvalue weighted by Crippen LogP contribution is 2.26. The maximum Gasteiger partial charge on any atom is 0.267 e. The van der Waals surface area contributed by atoms with Crippen LogP contribution in [0.3, 0.4) is 0 Å². The molecule has 9 heteroatoms. The maximum atomic E-state index is 14.6. The number of nitrogens with one attached hydrogen (secondary N) is 2. The second-order valence-corrected chi connectivity index (χ2v) is 9.29. The van der Waals surface area contributed by atoms with Gasteiger partial charge in [-0.3, -0.25) is 14.4 Å². The highest BCUT2D eigenvalue weighted by molar-refractivity contribution is 5.95. The van der Waals surface area contributed by atoms with Gasteiger partial charge in [0.05, 0.1) is 16.8 Å². The number of rotatable bonds is 5. The minimum absolute atomic E-state index is 0.0126. The molecule has 34 heavy (non-hydrogen) atoms. The Balaban J connectivity index is 1.45. The number of carbonyl (C=O) groups excluding carboxylic acids is 2. The SMILES string of the molecule is CCC1(C(=O)N2CCN(C(=O)c3cc(Cc4n[nH]c(=O)c(C)c4C)ccc3F)CC2)CCCN1. The molecule has 0 saturated carbocycles. The van der Waals surface area contributed by atoms with Gasteiger partial charge in [-0.15, -0.1) is 0 Å². The normalized spacial score (nSPS) is 20.6. The fraction of sp³-hybridized carbons (Fsp3) is 0.520. The van der Waals surface area contributed by atoms with E-state index in [1.165, 1.54) is 6.07 Å². The number of nitrogens with zero attached hydrogens (tertiary/aromatic N) is 3. The van der Waals surface area contributed by atoms with Gasteiger partial charge in [-0.05, 0) is 62.9 Å². The van der Waals surface area contributed by atoms with Crippen LogP contribution in [-0.2, 0) is 11.2 Å². The van der Waals surface area contributed by atoms with E-state index < -0.39 is 11.4 Å². The second kappa shape index (κ2) is 9.66. The number of aromatic amines is 1. The van der Waals surface area contributed by atoms with E-state index in [2.05, 4.69) is 15.5 Å². The third-order valence-electron chi connectivity index (χ3n) is 7.37. The second-order valence-electron chi connectivity index (χ2n) is 9.29. The minimum atomic E-state index is -0.574. The molecule has 0 bridgehead atoms. The number of benzene rings is 1. The van der Waals surface area contributed by atoms with Crippen molar-refractivity contribution in [1.29, 1.82) is 0 Å². The summed E-state index contributed by atoms with van der Waals surface area (Å²) in [6.45, 7) is 8.05. The molecule has 182 valence electrons. The van der Waals surface area contributed by atoms with Crippen LogP contribution >= 0.6 is 0 Å². The Morgan fingerprint density at radius 2 is 1.82 bits per heavy atom.